The molecule has 2 fully saturated rings. The van der Waals surface area contributed by atoms with Gasteiger partial charge in [-0.05, 0) is 96.8 Å². The second-order valence-electron chi connectivity index (χ2n) is 9.36. The van der Waals surface area contributed by atoms with Gasteiger partial charge in [-0.3, -0.25) is 0 Å². The average molecular weight is 377 g/mol. The summed E-state index contributed by atoms with van der Waals surface area (Å²) in [6, 6.07) is 4.28. The van der Waals surface area contributed by atoms with E-state index in [1.54, 1.807) is 0 Å². The Hall–Kier alpha value is -1.03. The maximum Gasteiger partial charge on any atom is 0.147 e. The van der Waals surface area contributed by atoms with Gasteiger partial charge < -0.3 is 5.11 Å². The summed E-state index contributed by atoms with van der Waals surface area (Å²) in [5, 5.41) is 10.2. The van der Waals surface area contributed by atoms with Crippen LogP contribution in [-0.4, -0.2) is 25.5 Å². The first-order valence-corrected chi connectivity index (χ1v) is 12.3. The monoisotopic (exact) mass is 376 g/mol. The van der Waals surface area contributed by atoms with Gasteiger partial charge in [0.2, 0.25) is 0 Å². The number of fused-ring (bicyclic) bond motifs is 5. The molecule has 0 unspecified atom stereocenters. The summed E-state index contributed by atoms with van der Waals surface area (Å²) in [6.07, 6.45) is 9.07. The fraction of sp³-hybridized carbons (Fsp3) is 0.727. The molecule has 2 saturated carbocycles. The molecule has 0 saturated heterocycles. The number of phenolic OH excluding ortho intramolecular Hbond substituents is 1. The summed E-state index contributed by atoms with van der Waals surface area (Å²) in [5.41, 5.74) is 4.07. The second-order valence-corrected chi connectivity index (χ2v) is 11.5. The van der Waals surface area contributed by atoms with Crippen molar-refractivity contribution in [2.45, 2.75) is 64.7 Å². The van der Waals surface area contributed by atoms with Crippen LogP contribution in [0.4, 0.5) is 0 Å². The van der Waals surface area contributed by atoms with Crippen LogP contribution in [0.25, 0.3) is 0 Å². The number of benzene rings is 1. The molecular formula is C22H32O3S. The lowest BCUT2D eigenvalue weighted by Gasteiger charge is -2.51. The molecule has 4 rings (SSSR count). The lowest BCUT2D eigenvalue weighted by atomic mass is 9.54. The number of hydrogen-bond donors (Lipinski definition) is 1. The fourth-order valence-corrected chi connectivity index (χ4v) is 7.97. The zero-order valence-corrected chi connectivity index (χ0v) is 17.1. The Morgan fingerprint density at radius 2 is 1.96 bits per heavy atom. The summed E-state index contributed by atoms with van der Waals surface area (Å²) < 4.78 is 23.9. The van der Waals surface area contributed by atoms with Crippen molar-refractivity contribution in [1.29, 1.82) is 0 Å². The average Bonchev–Trinajstić information content (AvgIpc) is 2.89. The highest BCUT2D eigenvalue weighted by Gasteiger charge is 2.55. The third kappa shape index (κ3) is 2.89. The summed E-state index contributed by atoms with van der Waals surface area (Å²) in [6.45, 7) is 4.48. The molecular weight excluding hydrogens is 344 g/mol. The molecule has 0 heterocycles. The highest BCUT2D eigenvalue weighted by molar-refractivity contribution is 7.90. The first-order valence-electron chi connectivity index (χ1n) is 10.3. The maximum atomic E-state index is 11.9. The summed E-state index contributed by atoms with van der Waals surface area (Å²) in [7, 11) is -2.92. The molecule has 4 heteroatoms. The van der Waals surface area contributed by atoms with Crippen molar-refractivity contribution in [2.75, 3.05) is 12.0 Å². The molecule has 1 N–H and O–H groups in total. The van der Waals surface area contributed by atoms with Gasteiger partial charge in [0, 0.05) is 6.26 Å². The second kappa shape index (κ2) is 6.25. The standard InChI is InChI=1S/C22H32O3S/c1-4-14-11-19-15(12-21(14)23)5-7-18-17(19)9-10-22(2)16(6-8-20(18)22)13-26(3,24)25/h11-12,16-18,20,23H,4-10,13H2,1-3H3/t16-,17+,18-,20+,22-/m1/s1. The van der Waals surface area contributed by atoms with E-state index in [-0.39, 0.29) is 5.41 Å². The number of hydrogen-bond acceptors (Lipinski definition) is 3. The van der Waals surface area contributed by atoms with Gasteiger partial charge in [0.15, 0.2) is 0 Å². The maximum absolute atomic E-state index is 11.9. The van der Waals surface area contributed by atoms with Gasteiger partial charge in [0.25, 0.3) is 0 Å². The molecule has 0 amide bonds. The van der Waals surface area contributed by atoms with E-state index in [0.717, 1.165) is 31.2 Å². The normalized spacial score (nSPS) is 36.3. The summed E-state index contributed by atoms with van der Waals surface area (Å²) in [4.78, 5) is 0. The van der Waals surface area contributed by atoms with E-state index in [2.05, 4.69) is 19.9 Å². The Balaban J connectivity index is 1.65. The molecule has 0 bridgehead atoms. The van der Waals surface area contributed by atoms with Crippen LogP contribution >= 0.6 is 0 Å². The molecule has 144 valence electrons. The SMILES string of the molecule is CCc1cc2c(cc1O)CC[C@@H]1[C@@H]2CC[C@]2(C)[C@@H](CS(C)(=O)=O)CC[C@@H]12. The number of phenols is 1. The number of aromatic hydroxyl groups is 1. The topological polar surface area (TPSA) is 54.4 Å². The first-order chi connectivity index (χ1) is 12.2. The van der Waals surface area contributed by atoms with E-state index >= 15 is 0 Å². The highest BCUT2D eigenvalue weighted by atomic mass is 32.2. The Bertz CT molecular complexity index is 813. The lowest BCUT2D eigenvalue weighted by Crippen LogP contribution is -2.43. The minimum Gasteiger partial charge on any atom is -0.508 e. The third-order valence-electron chi connectivity index (χ3n) is 8.01. The molecule has 0 aromatic heterocycles. The minimum atomic E-state index is -2.92. The molecule has 3 aliphatic rings. The largest absolute Gasteiger partial charge is 0.508 e. The van der Waals surface area contributed by atoms with Crippen LogP contribution < -0.4 is 0 Å². The Labute approximate surface area is 158 Å². The molecule has 0 aliphatic heterocycles. The van der Waals surface area contributed by atoms with Crippen LogP contribution in [0.15, 0.2) is 12.1 Å². The van der Waals surface area contributed by atoms with Gasteiger partial charge in [-0.1, -0.05) is 19.9 Å². The molecule has 0 spiro atoms. The van der Waals surface area contributed by atoms with Gasteiger partial charge in [-0.25, -0.2) is 8.42 Å². The van der Waals surface area contributed by atoms with E-state index < -0.39 is 9.84 Å². The van der Waals surface area contributed by atoms with Crippen molar-refractivity contribution >= 4 is 9.84 Å². The lowest BCUT2D eigenvalue weighted by molar-refractivity contribution is 0.0345. The van der Waals surface area contributed by atoms with Crippen molar-refractivity contribution in [1.82, 2.24) is 0 Å². The van der Waals surface area contributed by atoms with E-state index in [9.17, 15) is 13.5 Å². The van der Waals surface area contributed by atoms with Crippen LogP contribution in [-0.2, 0) is 22.7 Å². The predicted molar refractivity (Wildman–Crippen MR) is 105 cm³/mol. The molecule has 1 aromatic rings. The minimum absolute atomic E-state index is 0.187. The van der Waals surface area contributed by atoms with Crippen LogP contribution in [0.2, 0.25) is 0 Å². The zero-order chi connectivity index (χ0) is 18.7. The van der Waals surface area contributed by atoms with Gasteiger partial charge in [0.05, 0.1) is 5.75 Å². The Morgan fingerprint density at radius 3 is 2.65 bits per heavy atom. The molecule has 1 aromatic carbocycles. The van der Waals surface area contributed by atoms with Crippen LogP contribution in [0, 0.1) is 23.2 Å². The van der Waals surface area contributed by atoms with Gasteiger partial charge in [-0.15, -0.1) is 0 Å². The Kier molecular flexibility index (Phi) is 4.41. The van der Waals surface area contributed by atoms with E-state index in [1.807, 2.05) is 6.07 Å². The van der Waals surface area contributed by atoms with Crippen LogP contribution in [0.1, 0.15) is 68.6 Å². The summed E-state index contributed by atoms with van der Waals surface area (Å²) in [5.74, 6) is 3.08. The molecule has 5 atom stereocenters. The van der Waals surface area contributed by atoms with Crippen molar-refractivity contribution < 1.29 is 13.5 Å². The van der Waals surface area contributed by atoms with Crippen molar-refractivity contribution in [3.63, 3.8) is 0 Å². The van der Waals surface area contributed by atoms with E-state index in [1.165, 1.54) is 36.6 Å². The molecule has 26 heavy (non-hydrogen) atoms. The Morgan fingerprint density at radius 1 is 1.19 bits per heavy atom. The van der Waals surface area contributed by atoms with Crippen LogP contribution in [0.5, 0.6) is 5.75 Å². The smallest absolute Gasteiger partial charge is 0.147 e. The van der Waals surface area contributed by atoms with Crippen molar-refractivity contribution in [3.05, 3.63) is 28.8 Å². The van der Waals surface area contributed by atoms with Gasteiger partial charge in [0.1, 0.15) is 15.6 Å². The van der Waals surface area contributed by atoms with Crippen LogP contribution in [0.3, 0.4) is 0 Å². The quantitative estimate of drug-likeness (QED) is 0.847. The number of rotatable bonds is 3. The predicted octanol–water partition coefficient (Wildman–Crippen LogP) is 4.47. The number of sulfone groups is 1. The van der Waals surface area contributed by atoms with Gasteiger partial charge >= 0.3 is 0 Å². The van der Waals surface area contributed by atoms with Crippen molar-refractivity contribution in [3.8, 4) is 5.75 Å². The molecule has 3 aliphatic carbocycles. The van der Waals surface area contributed by atoms with E-state index in [4.69, 9.17) is 0 Å². The first kappa shape index (κ1) is 18.3. The third-order valence-corrected chi connectivity index (χ3v) is 9.01. The zero-order valence-electron chi connectivity index (χ0n) is 16.3. The fourth-order valence-electron chi connectivity index (χ4n) is 6.69. The molecule has 3 nitrogen and oxygen atoms in total. The number of aryl methyl sites for hydroxylation is 2. The highest BCUT2D eigenvalue weighted by Crippen LogP contribution is 2.63. The van der Waals surface area contributed by atoms with E-state index in [0.29, 0.717) is 35.2 Å². The molecule has 0 radical (unpaired) electrons. The van der Waals surface area contributed by atoms with Crippen molar-refractivity contribution in [2.24, 2.45) is 23.2 Å². The summed E-state index contributed by atoms with van der Waals surface area (Å²) >= 11 is 0. The van der Waals surface area contributed by atoms with Gasteiger partial charge in [-0.2, -0.15) is 0 Å².